The topological polar surface area (TPSA) is 63.7 Å². The summed E-state index contributed by atoms with van der Waals surface area (Å²) in [6.07, 6.45) is 5.10. The third kappa shape index (κ3) is 2.56. The first kappa shape index (κ1) is 10.6. The highest BCUT2D eigenvalue weighted by Gasteiger charge is 2.13. The summed E-state index contributed by atoms with van der Waals surface area (Å²) in [6.45, 7) is 5.94. The first-order valence-electron chi connectivity index (χ1n) is 5.06. The lowest BCUT2D eigenvalue weighted by Gasteiger charge is -2.20. The summed E-state index contributed by atoms with van der Waals surface area (Å²) in [4.78, 5) is 8.47. The van der Waals surface area contributed by atoms with Crippen LogP contribution < -0.4 is 4.74 Å². The molecule has 16 heavy (non-hydrogen) atoms. The Morgan fingerprint density at radius 1 is 1.31 bits per heavy atom. The van der Waals surface area contributed by atoms with Gasteiger partial charge in [0.2, 0.25) is 5.88 Å². The smallest absolute Gasteiger partial charge is 0.217 e. The average molecular weight is 218 g/mol. The van der Waals surface area contributed by atoms with Crippen molar-refractivity contribution in [2.24, 2.45) is 0 Å². The normalized spacial score (nSPS) is 11.4. The Morgan fingerprint density at radius 2 is 2.12 bits per heavy atom. The molecule has 0 amide bonds. The molecule has 0 aliphatic heterocycles. The van der Waals surface area contributed by atoms with E-state index >= 15 is 0 Å². The van der Waals surface area contributed by atoms with E-state index in [4.69, 9.17) is 4.74 Å². The summed E-state index contributed by atoms with van der Waals surface area (Å²) in [5.41, 5.74) is 0.585. The minimum atomic E-state index is -0.262. The number of hydrogen-bond acceptors (Lipinski definition) is 4. The SMILES string of the molecule is CC(C)(C)Oc1ccnc(-c2cn[nH]c2)n1. The number of hydrogen-bond donors (Lipinski definition) is 1. The largest absolute Gasteiger partial charge is 0.472 e. The van der Waals surface area contributed by atoms with Crippen LogP contribution in [0.1, 0.15) is 20.8 Å². The molecule has 0 aromatic carbocycles. The lowest BCUT2D eigenvalue weighted by molar-refractivity contribution is 0.124. The second-order valence-electron chi connectivity index (χ2n) is 4.42. The van der Waals surface area contributed by atoms with E-state index in [9.17, 15) is 0 Å². The molecular weight excluding hydrogens is 204 g/mol. The quantitative estimate of drug-likeness (QED) is 0.837. The second kappa shape index (κ2) is 3.92. The second-order valence-corrected chi connectivity index (χ2v) is 4.42. The fourth-order valence-corrected chi connectivity index (χ4v) is 1.22. The molecule has 5 heteroatoms. The van der Waals surface area contributed by atoms with E-state index in [1.54, 1.807) is 24.7 Å². The molecule has 0 saturated heterocycles. The molecule has 0 saturated carbocycles. The van der Waals surface area contributed by atoms with Crippen molar-refractivity contribution >= 4 is 0 Å². The van der Waals surface area contributed by atoms with Crippen molar-refractivity contribution in [3.05, 3.63) is 24.7 Å². The zero-order valence-corrected chi connectivity index (χ0v) is 9.56. The van der Waals surface area contributed by atoms with Crippen LogP contribution >= 0.6 is 0 Å². The maximum absolute atomic E-state index is 5.66. The van der Waals surface area contributed by atoms with Gasteiger partial charge in [0.05, 0.1) is 11.8 Å². The van der Waals surface area contributed by atoms with E-state index in [0.717, 1.165) is 5.56 Å². The van der Waals surface area contributed by atoms with Gasteiger partial charge in [0.15, 0.2) is 5.82 Å². The Kier molecular flexibility index (Phi) is 2.60. The minimum absolute atomic E-state index is 0.262. The third-order valence-corrected chi connectivity index (χ3v) is 1.80. The van der Waals surface area contributed by atoms with Gasteiger partial charge in [-0.25, -0.2) is 4.98 Å². The molecule has 2 aromatic heterocycles. The molecule has 0 spiro atoms. The van der Waals surface area contributed by atoms with E-state index in [1.807, 2.05) is 20.8 Å². The Balaban J connectivity index is 2.27. The van der Waals surface area contributed by atoms with Gasteiger partial charge in [-0.1, -0.05) is 0 Å². The number of nitrogens with zero attached hydrogens (tertiary/aromatic N) is 3. The first-order valence-corrected chi connectivity index (χ1v) is 5.06. The molecule has 0 bridgehead atoms. The minimum Gasteiger partial charge on any atom is -0.472 e. The zero-order chi connectivity index (χ0) is 11.6. The van der Waals surface area contributed by atoms with Crippen molar-refractivity contribution in [2.75, 3.05) is 0 Å². The van der Waals surface area contributed by atoms with Crippen LogP contribution in [0.4, 0.5) is 0 Å². The lowest BCUT2D eigenvalue weighted by Crippen LogP contribution is -2.23. The van der Waals surface area contributed by atoms with Crippen molar-refractivity contribution in [1.29, 1.82) is 0 Å². The number of ether oxygens (including phenoxy) is 1. The van der Waals surface area contributed by atoms with E-state index in [1.165, 1.54) is 0 Å². The summed E-state index contributed by atoms with van der Waals surface area (Å²) in [5.74, 6) is 1.18. The molecule has 0 radical (unpaired) electrons. The molecule has 5 nitrogen and oxygen atoms in total. The van der Waals surface area contributed by atoms with E-state index in [-0.39, 0.29) is 5.60 Å². The standard InChI is InChI=1S/C11H14N4O/c1-11(2,3)16-9-4-5-12-10(15-9)8-6-13-14-7-8/h4-7H,1-3H3,(H,13,14). The number of aromatic nitrogens is 4. The van der Waals surface area contributed by atoms with E-state index < -0.39 is 0 Å². The van der Waals surface area contributed by atoms with Crippen LogP contribution in [0, 0.1) is 0 Å². The number of H-pyrrole nitrogens is 1. The van der Waals surface area contributed by atoms with Gasteiger partial charge >= 0.3 is 0 Å². The van der Waals surface area contributed by atoms with Gasteiger partial charge in [-0.15, -0.1) is 0 Å². The Labute approximate surface area is 93.9 Å². The van der Waals surface area contributed by atoms with Crippen LogP contribution in [0.25, 0.3) is 11.4 Å². The van der Waals surface area contributed by atoms with Gasteiger partial charge in [-0.3, -0.25) is 5.10 Å². The molecule has 0 aliphatic carbocycles. The van der Waals surface area contributed by atoms with Crippen molar-refractivity contribution in [3.8, 4) is 17.3 Å². The molecule has 0 atom stereocenters. The summed E-state index contributed by atoms with van der Waals surface area (Å²) in [7, 11) is 0. The summed E-state index contributed by atoms with van der Waals surface area (Å²) in [5, 5.41) is 6.58. The predicted molar refractivity (Wildman–Crippen MR) is 60.0 cm³/mol. The lowest BCUT2D eigenvalue weighted by atomic mass is 10.2. The summed E-state index contributed by atoms with van der Waals surface area (Å²) < 4.78 is 5.66. The van der Waals surface area contributed by atoms with Crippen molar-refractivity contribution < 1.29 is 4.74 Å². The average Bonchev–Trinajstić information content (AvgIpc) is 2.68. The molecule has 84 valence electrons. The van der Waals surface area contributed by atoms with Crippen LogP contribution in [-0.4, -0.2) is 25.8 Å². The maximum atomic E-state index is 5.66. The van der Waals surface area contributed by atoms with Gasteiger partial charge < -0.3 is 4.74 Å². The Bertz CT molecular complexity index is 459. The first-order chi connectivity index (χ1) is 7.54. The van der Waals surface area contributed by atoms with Gasteiger partial charge in [0, 0.05) is 18.5 Å². The van der Waals surface area contributed by atoms with Crippen LogP contribution in [0.5, 0.6) is 5.88 Å². The molecule has 2 rings (SSSR count). The van der Waals surface area contributed by atoms with E-state index in [2.05, 4.69) is 20.2 Å². The number of nitrogens with one attached hydrogen (secondary N) is 1. The predicted octanol–water partition coefficient (Wildman–Crippen LogP) is 2.04. The Morgan fingerprint density at radius 3 is 2.75 bits per heavy atom. The molecule has 1 N–H and O–H groups in total. The molecule has 2 aromatic rings. The third-order valence-electron chi connectivity index (χ3n) is 1.80. The highest BCUT2D eigenvalue weighted by molar-refractivity contribution is 5.51. The number of aromatic amines is 1. The molecule has 0 aliphatic rings. The molecular formula is C11H14N4O. The van der Waals surface area contributed by atoms with Crippen molar-refractivity contribution in [3.63, 3.8) is 0 Å². The van der Waals surface area contributed by atoms with Gasteiger partial charge in [-0.05, 0) is 20.8 Å². The molecule has 0 fully saturated rings. The summed E-state index contributed by atoms with van der Waals surface area (Å²) in [6, 6.07) is 1.74. The molecule has 2 heterocycles. The fourth-order valence-electron chi connectivity index (χ4n) is 1.22. The van der Waals surface area contributed by atoms with Crippen LogP contribution in [-0.2, 0) is 0 Å². The van der Waals surface area contributed by atoms with Crippen LogP contribution in [0.3, 0.4) is 0 Å². The van der Waals surface area contributed by atoms with Gasteiger partial charge in [0.25, 0.3) is 0 Å². The van der Waals surface area contributed by atoms with Gasteiger partial charge in [-0.2, -0.15) is 10.1 Å². The van der Waals surface area contributed by atoms with Gasteiger partial charge in [0.1, 0.15) is 5.60 Å². The summed E-state index contributed by atoms with van der Waals surface area (Å²) >= 11 is 0. The van der Waals surface area contributed by atoms with Crippen LogP contribution in [0.2, 0.25) is 0 Å². The zero-order valence-electron chi connectivity index (χ0n) is 9.56. The fraction of sp³-hybridized carbons (Fsp3) is 0.364. The Hall–Kier alpha value is -1.91. The van der Waals surface area contributed by atoms with E-state index in [0.29, 0.717) is 11.7 Å². The highest BCUT2D eigenvalue weighted by Crippen LogP contribution is 2.18. The maximum Gasteiger partial charge on any atom is 0.217 e. The van der Waals surface area contributed by atoms with Crippen LogP contribution in [0.15, 0.2) is 24.7 Å². The molecule has 0 unspecified atom stereocenters. The van der Waals surface area contributed by atoms with Crippen molar-refractivity contribution in [2.45, 2.75) is 26.4 Å². The monoisotopic (exact) mass is 218 g/mol. The van der Waals surface area contributed by atoms with Crippen molar-refractivity contribution in [1.82, 2.24) is 20.2 Å². The highest BCUT2D eigenvalue weighted by atomic mass is 16.5. The number of rotatable bonds is 2.